The summed E-state index contributed by atoms with van der Waals surface area (Å²) in [6.45, 7) is -0.0363. The number of carbonyl (C=O) groups is 1. The van der Waals surface area contributed by atoms with Crippen LogP contribution in [-0.2, 0) is 15.0 Å². The number of thiocarbonyl (C=S) groups is 1. The summed E-state index contributed by atoms with van der Waals surface area (Å²) in [5.41, 5.74) is 0.670. The number of carbonyl (C=O) groups excluding carboxylic acids is 1. The van der Waals surface area contributed by atoms with Crippen LogP contribution < -0.4 is 15.7 Å². The van der Waals surface area contributed by atoms with Crippen molar-refractivity contribution in [1.82, 2.24) is 15.8 Å². The molecule has 0 saturated carbocycles. The second-order valence-corrected chi connectivity index (χ2v) is 8.90. The van der Waals surface area contributed by atoms with Gasteiger partial charge in [0.15, 0.2) is 0 Å². The molecule has 1 aromatic heterocycles. The minimum absolute atomic E-state index is 0.0315. The molecule has 1 amide bonds. The van der Waals surface area contributed by atoms with Crippen molar-refractivity contribution in [1.29, 1.82) is 0 Å². The molecule has 6 nitrogen and oxygen atoms in total. The maximum Gasteiger partial charge on any atom is 0.400 e. The Morgan fingerprint density at radius 1 is 1.28 bits per heavy atom. The van der Waals surface area contributed by atoms with Crippen LogP contribution in [0.2, 0.25) is 10.0 Å². The van der Waals surface area contributed by atoms with E-state index in [0.29, 0.717) is 11.4 Å². The van der Waals surface area contributed by atoms with Gasteiger partial charge in [-0.3, -0.25) is 9.63 Å². The van der Waals surface area contributed by atoms with E-state index in [1.165, 1.54) is 24.4 Å². The minimum atomic E-state index is -4.51. The average molecular weight is 505 g/mol. The molecule has 2 aromatic rings. The fraction of sp³-hybridized carbons (Fsp3) is 0.350. The molecule has 2 atom stereocenters. The van der Waals surface area contributed by atoms with Gasteiger partial charge in [0.2, 0.25) is 0 Å². The highest BCUT2D eigenvalue weighted by molar-refractivity contribution is 7.80. The molecular formula is C20H17Cl2F3N4O2S. The molecule has 12 heteroatoms. The number of rotatable bonds is 4. The summed E-state index contributed by atoms with van der Waals surface area (Å²) in [6, 6.07) is 6.67. The Morgan fingerprint density at radius 3 is 2.56 bits per heavy atom. The standard InChI is InChI=1S/C20H17Cl2F3N4O2S/c21-13-5-12(6-14(22)7-13)19(20(23,24)25)3-4-29(10-19)16-2-1-11(8-26-16)18(32)27-15-9-31-28-17(15)30/h1-2,5-8,15H,3-4,9-10H2,(H,27,32)(H,28,30). The fourth-order valence-electron chi connectivity index (χ4n) is 3.87. The van der Waals surface area contributed by atoms with Crippen molar-refractivity contribution in [3.63, 3.8) is 0 Å². The number of pyridine rings is 1. The first-order valence-corrected chi connectivity index (χ1v) is 10.7. The van der Waals surface area contributed by atoms with E-state index in [4.69, 9.17) is 40.3 Å². The zero-order valence-corrected chi connectivity index (χ0v) is 18.7. The first-order valence-electron chi connectivity index (χ1n) is 9.56. The number of nitrogens with one attached hydrogen (secondary N) is 2. The normalized spacial score (nSPS) is 23.3. The third-order valence-electron chi connectivity index (χ3n) is 5.61. The Kier molecular flexibility index (Phi) is 6.23. The van der Waals surface area contributed by atoms with E-state index in [9.17, 15) is 18.0 Å². The summed E-state index contributed by atoms with van der Waals surface area (Å²) in [7, 11) is 0. The first-order chi connectivity index (χ1) is 15.1. The molecule has 0 spiro atoms. The molecule has 0 radical (unpaired) electrons. The molecule has 3 heterocycles. The Hall–Kier alpha value is -2.14. The number of nitrogens with zero attached hydrogens (tertiary/aromatic N) is 2. The van der Waals surface area contributed by atoms with Crippen molar-refractivity contribution in [2.24, 2.45) is 0 Å². The van der Waals surface area contributed by atoms with Crippen LogP contribution in [0.1, 0.15) is 17.5 Å². The van der Waals surface area contributed by atoms with E-state index in [-0.39, 0.29) is 52.6 Å². The lowest BCUT2D eigenvalue weighted by Crippen LogP contribution is -2.45. The topological polar surface area (TPSA) is 66.5 Å². The lowest BCUT2D eigenvalue weighted by molar-refractivity contribution is -0.184. The molecule has 170 valence electrons. The maximum atomic E-state index is 14.2. The molecule has 1 aromatic carbocycles. The van der Waals surface area contributed by atoms with Crippen molar-refractivity contribution < 1.29 is 22.8 Å². The van der Waals surface area contributed by atoms with Gasteiger partial charge >= 0.3 is 6.18 Å². The van der Waals surface area contributed by atoms with Gasteiger partial charge in [0.25, 0.3) is 5.91 Å². The highest BCUT2D eigenvalue weighted by Gasteiger charge is 2.59. The Bertz CT molecular complexity index is 1030. The number of hydroxylamine groups is 1. The smallest absolute Gasteiger partial charge is 0.362 e. The minimum Gasteiger partial charge on any atom is -0.362 e. The van der Waals surface area contributed by atoms with Crippen molar-refractivity contribution in [3.05, 3.63) is 57.7 Å². The first kappa shape index (κ1) is 23.0. The highest BCUT2D eigenvalue weighted by atomic mass is 35.5. The van der Waals surface area contributed by atoms with E-state index in [1.807, 2.05) is 0 Å². The summed E-state index contributed by atoms with van der Waals surface area (Å²) in [4.78, 5) is 22.6. The van der Waals surface area contributed by atoms with Gasteiger partial charge < -0.3 is 10.2 Å². The van der Waals surface area contributed by atoms with Crippen molar-refractivity contribution in [2.45, 2.75) is 24.1 Å². The number of amides is 1. The summed E-state index contributed by atoms with van der Waals surface area (Å²) in [5, 5.41) is 3.17. The lowest BCUT2D eigenvalue weighted by atomic mass is 9.79. The average Bonchev–Trinajstić information content (AvgIpc) is 3.35. The molecule has 2 fully saturated rings. The molecule has 2 aliphatic heterocycles. The van der Waals surface area contributed by atoms with E-state index in [2.05, 4.69) is 15.8 Å². The zero-order valence-electron chi connectivity index (χ0n) is 16.4. The number of alkyl halides is 3. The molecule has 2 N–H and O–H groups in total. The highest BCUT2D eigenvalue weighted by Crippen LogP contribution is 2.49. The van der Waals surface area contributed by atoms with Crippen molar-refractivity contribution in [2.75, 3.05) is 24.6 Å². The largest absolute Gasteiger partial charge is 0.400 e. The van der Waals surface area contributed by atoms with Crippen LogP contribution >= 0.6 is 35.4 Å². The van der Waals surface area contributed by atoms with Crippen molar-refractivity contribution in [3.8, 4) is 0 Å². The zero-order chi connectivity index (χ0) is 23.1. The molecule has 2 unspecified atom stereocenters. The van der Waals surface area contributed by atoms with E-state index in [0.717, 1.165) is 0 Å². The predicted molar refractivity (Wildman–Crippen MR) is 118 cm³/mol. The van der Waals surface area contributed by atoms with Gasteiger partial charge in [-0.1, -0.05) is 35.4 Å². The van der Waals surface area contributed by atoms with Gasteiger partial charge in [-0.15, -0.1) is 0 Å². The quantitative estimate of drug-likeness (QED) is 0.617. The number of anilines is 1. The van der Waals surface area contributed by atoms with Gasteiger partial charge in [-0.25, -0.2) is 10.5 Å². The second kappa shape index (κ2) is 8.66. The Morgan fingerprint density at radius 2 is 2.00 bits per heavy atom. The van der Waals surface area contributed by atoms with E-state index >= 15 is 0 Å². The van der Waals surface area contributed by atoms with Crippen LogP contribution in [0.15, 0.2) is 36.5 Å². The number of hydrogen-bond donors (Lipinski definition) is 2. The van der Waals surface area contributed by atoms with Crippen LogP contribution in [0, 0.1) is 0 Å². The number of aromatic nitrogens is 1. The van der Waals surface area contributed by atoms with Crippen LogP contribution in [0.25, 0.3) is 0 Å². The second-order valence-electron chi connectivity index (χ2n) is 7.62. The molecule has 2 aliphatic rings. The molecule has 0 aliphatic carbocycles. The summed E-state index contributed by atoms with van der Waals surface area (Å²) < 4.78 is 42.7. The Labute approximate surface area is 197 Å². The lowest BCUT2D eigenvalue weighted by Gasteiger charge is -2.32. The molecule has 2 saturated heterocycles. The van der Waals surface area contributed by atoms with E-state index < -0.39 is 17.6 Å². The molecule has 32 heavy (non-hydrogen) atoms. The van der Waals surface area contributed by atoms with Crippen molar-refractivity contribution >= 4 is 52.1 Å². The molecule has 0 bridgehead atoms. The van der Waals surface area contributed by atoms with Gasteiger partial charge in [0.05, 0.1) is 0 Å². The monoisotopic (exact) mass is 504 g/mol. The maximum absolute atomic E-state index is 14.2. The van der Waals surface area contributed by atoms with Gasteiger partial charge in [-0.05, 0) is 42.3 Å². The summed E-state index contributed by atoms with van der Waals surface area (Å²) in [5.74, 6) is 0.0522. The van der Waals surface area contributed by atoms with Gasteiger partial charge in [-0.2, -0.15) is 13.2 Å². The third-order valence-corrected chi connectivity index (χ3v) is 6.40. The van der Waals surface area contributed by atoms with Crippen LogP contribution in [0.3, 0.4) is 0 Å². The Balaban J connectivity index is 1.53. The SMILES string of the molecule is O=C1NOCC1NC(=S)c1ccc(N2CCC(c3cc(Cl)cc(Cl)c3)(C(F)(F)F)C2)nc1. The number of benzene rings is 1. The number of hydrogen-bond acceptors (Lipinski definition) is 5. The predicted octanol–water partition coefficient (Wildman–Crippen LogP) is 3.79. The van der Waals surface area contributed by atoms with E-state index in [1.54, 1.807) is 17.0 Å². The molecular weight excluding hydrogens is 488 g/mol. The van der Waals surface area contributed by atoms with Gasteiger partial charge in [0, 0.05) is 34.9 Å². The third kappa shape index (κ3) is 4.36. The number of halogens is 5. The van der Waals surface area contributed by atoms with Crippen LogP contribution in [-0.4, -0.2) is 47.8 Å². The fourth-order valence-corrected chi connectivity index (χ4v) is 4.65. The summed E-state index contributed by atoms with van der Waals surface area (Å²) in [6.07, 6.45) is -3.21. The van der Waals surface area contributed by atoms with Crippen LogP contribution in [0.4, 0.5) is 19.0 Å². The molecule has 4 rings (SSSR count). The van der Waals surface area contributed by atoms with Crippen LogP contribution in [0.5, 0.6) is 0 Å². The van der Waals surface area contributed by atoms with Gasteiger partial charge in [0.1, 0.15) is 28.9 Å². The summed E-state index contributed by atoms with van der Waals surface area (Å²) >= 11 is 17.3.